The molecule has 132 valence electrons. The van der Waals surface area contributed by atoms with E-state index in [9.17, 15) is 9.59 Å². The molecule has 0 aliphatic carbocycles. The summed E-state index contributed by atoms with van der Waals surface area (Å²) in [4.78, 5) is 24.4. The first-order valence-electron chi connectivity index (χ1n) is 8.37. The third-order valence-electron chi connectivity index (χ3n) is 4.07. The van der Waals surface area contributed by atoms with Crippen LogP contribution in [0.5, 0.6) is 11.5 Å². The van der Waals surface area contributed by atoms with Crippen LogP contribution in [-0.4, -0.2) is 29.0 Å². The smallest absolute Gasteiger partial charge is 0.267 e. The summed E-state index contributed by atoms with van der Waals surface area (Å²) in [6, 6.07) is 7.83. The van der Waals surface area contributed by atoms with E-state index < -0.39 is 6.04 Å². The molecule has 0 saturated carbocycles. The second-order valence-electron chi connectivity index (χ2n) is 5.89. The summed E-state index contributed by atoms with van der Waals surface area (Å²) in [5.41, 5.74) is 1.06. The summed E-state index contributed by atoms with van der Waals surface area (Å²) in [5, 5.41) is 7.19. The van der Waals surface area contributed by atoms with Crippen LogP contribution in [0, 0.1) is 0 Å². The molecular formula is C18H21N3O4. The summed E-state index contributed by atoms with van der Waals surface area (Å²) in [7, 11) is 0. The SMILES string of the molecule is CCCCNC(=O)[C@H](C)n1nc(-c2ccc3c(c2)OCO3)ccc1=O. The molecule has 2 aromatic rings. The van der Waals surface area contributed by atoms with Gasteiger partial charge in [0.15, 0.2) is 11.5 Å². The lowest BCUT2D eigenvalue weighted by Crippen LogP contribution is -2.37. The van der Waals surface area contributed by atoms with E-state index in [2.05, 4.69) is 17.3 Å². The van der Waals surface area contributed by atoms with Gasteiger partial charge in [-0.25, -0.2) is 4.68 Å². The van der Waals surface area contributed by atoms with Crippen LogP contribution in [-0.2, 0) is 4.79 Å². The Labute approximate surface area is 145 Å². The molecule has 0 bridgehead atoms. The number of nitrogens with zero attached hydrogens (tertiary/aromatic N) is 2. The molecule has 0 fully saturated rings. The van der Waals surface area contributed by atoms with Crippen molar-refractivity contribution in [2.24, 2.45) is 0 Å². The Kier molecular flexibility index (Phi) is 5.02. The van der Waals surface area contributed by atoms with Crippen molar-refractivity contribution in [2.45, 2.75) is 32.7 Å². The van der Waals surface area contributed by atoms with Crippen molar-refractivity contribution in [3.05, 3.63) is 40.7 Å². The van der Waals surface area contributed by atoms with Gasteiger partial charge < -0.3 is 14.8 Å². The van der Waals surface area contributed by atoms with Crippen LogP contribution in [0.25, 0.3) is 11.3 Å². The van der Waals surface area contributed by atoms with Gasteiger partial charge >= 0.3 is 0 Å². The molecule has 1 aliphatic heterocycles. The molecule has 1 aliphatic rings. The number of benzene rings is 1. The van der Waals surface area contributed by atoms with E-state index in [1.165, 1.54) is 10.7 Å². The molecule has 1 amide bonds. The largest absolute Gasteiger partial charge is 0.454 e. The van der Waals surface area contributed by atoms with Gasteiger partial charge in [0, 0.05) is 18.2 Å². The Morgan fingerprint density at radius 3 is 2.88 bits per heavy atom. The molecular weight excluding hydrogens is 322 g/mol. The van der Waals surface area contributed by atoms with Gasteiger partial charge in [0.05, 0.1) is 5.69 Å². The molecule has 7 heteroatoms. The number of nitrogens with one attached hydrogen (secondary N) is 1. The average molecular weight is 343 g/mol. The van der Waals surface area contributed by atoms with Crippen molar-refractivity contribution in [3.63, 3.8) is 0 Å². The third kappa shape index (κ3) is 3.65. The second kappa shape index (κ2) is 7.38. The zero-order chi connectivity index (χ0) is 17.8. The summed E-state index contributed by atoms with van der Waals surface area (Å²) in [6.45, 7) is 4.51. The highest BCUT2D eigenvalue weighted by molar-refractivity contribution is 5.79. The molecule has 0 unspecified atom stereocenters. The van der Waals surface area contributed by atoms with Crippen LogP contribution >= 0.6 is 0 Å². The normalized spacial score (nSPS) is 13.5. The van der Waals surface area contributed by atoms with Crippen molar-refractivity contribution in [3.8, 4) is 22.8 Å². The Balaban J connectivity index is 1.85. The standard InChI is InChI=1S/C18H21N3O4/c1-3-4-9-19-18(23)12(2)21-17(22)8-6-14(20-21)13-5-7-15-16(10-13)25-11-24-15/h5-8,10,12H,3-4,9,11H2,1-2H3,(H,19,23)/t12-/m0/s1. The van der Waals surface area contributed by atoms with Crippen molar-refractivity contribution in [2.75, 3.05) is 13.3 Å². The highest BCUT2D eigenvalue weighted by Gasteiger charge is 2.19. The lowest BCUT2D eigenvalue weighted by molar-refractivity contribution is -0.124. The van der Waals surface area contributed by atoms with Crippen LogP contribution < -0.4 is 20.3 Å². The minimum absolute atomic E-state index is 0.195. The van der Waals surface area contributed by atoms with Crippen molar-refractivity contribution in [1.82, 2.24) is 15.1 Å². The van der Waals surface area contributed by atoms with Gasteiger partial charge in [0.1, 0.15) is 6.04 Å². The van der Waals surface area contributed by atoms with Crippen molar-refractivity contribution < 1.29 is 14.3 Å². The van der Waals surface area contributed by atoms with E-state index >= 15 is 0 Å². The number of carbonyl (C=O) groups is 1. The van der Waals surface area contributed by atoms with Gasteiger partial charge in [-0.1, -0.05) is 13.3 Å². The lowest BCUT2D eigenvalue weighted by Gasteiger charge is -2.15. The molecule has 0 saturated heterocycles. The lowest BCUT2D eigenvalue weighted by atomic mass is 10.1. The predicted molar refractivity (Wildman–Crippen MR) is 92.7 cm³/mol. The molecule has 0 radical (unpaired) electrons. The fourth-order valence-electron chi connectivity index (χ4n) is 2.56. The van der Waals surface area contributed by atoms with Gasteiger partial charge in [0.25, 0.3) is 5.56 Å². The number of fused-ring (bicyclic) bond motifs is 1. The fraction of sp³-hybridized carbons (Fsp3) is 0.389. The van der Waals surface area contributed by atoms with E-state index in [-0.39, 0.29) is 18.3 Å². The van der Waals surface area contributed by atoms with Gasteiger partial charge in [-0.05, 0) is 37.6 Å². The number of hydrogen-bond donors (Lipinski definition) is 1. The molecule has 1 atom stereocenters. The van der Waals surface area contributed by atoms with Gasteiger partial charge in [-0.2, -0.15) is 5.10 Å². The molecule has 1 N–H and O–H groups in total. The predicted octanol–water partition coefficient (Wildman–Crippen LogP) is 2.12. The van der Waals surface area contributed by atoms with Crippen molar-refractivity contribution >= 4 is 5.91 Å². The zero-order valence-corrected chi connectivity index (χ0v) is 14.3. The number of amides is 1. The van der Waals surface area contributed by atoms with Crippen LogP contribution in [0.3, 0.4) is 0 Å². The molecule has 3 rings (SSSR count). The number of hydrogen-bond acceptors (Lipinski definition) is 5. The molecule has 1 aromatic heterocycles. The van der Waals surface area contributed by atoms with Crippen LogP contribution in [0.15, 0.2) is 35.1 Å². The minimum Gasteiger partial charge on any atom is -0.454 e. The summed E-state index contributed by atoms with van der Waals surface area (Å²) < 4.78 is 11.9. The topological polar surface area (TPSA) is 82.5 Å². The van der Waals surface area contributed by atoms with Crippen LogP contribution in [0.1, 0.15) is 32.7 Å². The first-order valence-corrected chi connectivity index (χ1v) is 8.37. The van der Waals surface area contributed by atoms with E-state index in [0.717, 1.165) is 18.4 Å². The molecule has 0 spiro atoms. The van der Waals surface area contributed by atoms with Crippen LogP contribution in [0.4, 0.5) is 0 Å². The third-order valence-corrected chi connectivity index (χ3v) is 4.07. The number of rotatable bonds is 6. The Hall–Kier alpha value is -2.83. The van der Waals surface area contributed by atoms with E-state index in [1.54, 1.807) is 19.1 Å². The van der Waals surface area contributed by atoms with Gasteiger partial charge in [-0.15, -0.1) is 0 Å². The second-order valence-corrected chi connectivity index (χ2v) is 5.89. The quantitative estimate of drug-likeness (QED) is 0.813. The number of unbranched alkanes of at least 4 members (excludes halogenated alkanes) is 1. The zero-order valence-electron chi connectivity index (χ0n) is 14.3. The van der Waals surface area contributed by atoms with Gasteiger partial charge in [-0.3, -0.25) is 9.59 Å². The molecule has 7 nitrogen and oxygen atoms in total. The fourth-order valence-corrected chi connectivity index (χ4v) is 2.56. The summed E-state index contributed by atoms with van der Waals surface area (Å²) >= 11 is 0. The van der Waals surface area contributed by atoms with Crippen molar-refractivity contribution in [1.29, 1.82) is 0 Å². The highest BCUT2D eigenvalue weighted by Crippen LogP contribution is 2.35. The van der Waals surface area contributed by atoms with Crippen LogP contribution in [0.2, 0.25) is 0 Å². The molecule has 2 heterocycles. The monoisotopic (exact) mass is 343 g/mol. The van der Waals surface area contributed by atoms with Gasteiger partial charge in [0.2, 0.25) is 12.7 Å². The number of carbonyl (C=O) groups excluding carboxylic acids is 1. The Morgan fingerprint density at radius 1 is 1.28 bits per heavy atom. The Bertz CT molecular complexity index is 831. The minimum atomic E-state index is -0.682. The van der Waals surface area contributed by atoms with E-state index in [1.807, 2.05) is 12.1 Å². The Morgan fingerprint density at radius 2 is 2.08 bits per heavy atom. The molecule has 25 heavy (non-hydrogen) atoms. The first kappa shape index (κ1) is 17.0. The molecule has 1 aromatic carbocycles. The first-order chi connectivity index (χ1) is 12.1. The van der Waals surface area contributed by atoms with E-state index in [4.69, 9.17) is 9.47 Å². The summed E-state index contributed by atoms with van der Waals surface area (Å²) in [6.07, 6.45) is 1.89. The highest BCUT2D eigenvalue weighted by atomic mass is 16.7. The average Bonchev–Trinajstić information content (AvgIpc) is 3.09. The number of ether oxygens (including phenoxy) is 2. The number of aromatic nitrogens is 2. The summed E-state index contributed by atoms with van der Waals surface area (Å²) in [5.74, 6) is 1.11. The van der Waals surface area contributed by atoms with E-state index in [0.29, 0.717) is 23.7 Å². The maximum atomic E-state index is 12.2. The maximum absolute atomic E-state index is 12.2. The maximum Gasteiger partial charge on any atom is 0.267 e.